The van der Waals surface area contributed by atoms with Gasteiger partial charge in [0.15, 0.2) is 0 Å². The van der Waals surface area contributed by atoms with Crippen LogP contribution in [0.4, 0.5) is 19.1 Å². The lowest BCUT2D eigenvalue weighted by Gasteiger charge is -2.29. The summed E-state index contributed by atoms with van der Waals surface area (Å²) in [5.74, 6) is 0.730. The topological polar surface area (TPSA) is 106 Å². The summed E-state index contributed by atoms with van der Waals surface area (Å²) in [6.45, 7) is 6.59. The highest BCUT2D eigenvalue weighted by atomic mass is 19.4. The number of anilines is 1. The molecule has 2 aliphatic rings. The number of aryl methyl sites for hydroxylation is 2. The first kappa shape index (κ1) is 25.1. The van der Waals surface area contributed by atoms with Crippen LogP contribution in [-0.4, -0.2) is 45.0 Å². The molecule has 0 aromatic carbocycles. The summed E-state index contributed by atoms with van der Waals surface area (Å²) >= 11 is 0. The summed E-state index contributed by atoms with van der Waals surface area (Å²) in [6.07, 6.45) is -0.709. The number of nitrogens with zero attached hydrogens (tertiary/aromatic N) is 4. The summed E-state index contributed by atoms with van der Waals surface area (Å²) in [5, 5.41) is 10.3. The molecule has 1 aliphatic carbocycles. The molecule has 3 aromatic rings. The van der Waals surface area contributed by atoms with E-state index in [4.69, 9.17) is 9.51 Å². The summed E-state index contributed by atoms with van der Waals surface area (Å²) in [7, 11) is 0. The van der Waals surface area contributed by atoms with E-state index in [-0.39, 0.29) is 29.4 Å². The summed E-state index contributed by atoms with van der Waals surface area (Å²) < 4.78 is 47.2. The summed E-state index contributed by atoms with van der Waals surface area (Å²) in [5.41, 5.74) is 2.65. The third kappa shape index (κ3) is 4.87. The molecule has 0 bridgehead atoms. The van der Waals surface area contributed by atoms with Gasteiger partial charge in [-0.05, 0) is 26.3 Å². The van der Waals surface area contributed by atoms with E-state index in [0.29, 0.717) is 66.3 Å². The Morgan fingerprint density at radius 2 is 2.03 bits per heavy atom. The van der Waals surface area contributed by atoms with Crippen LogP contribution in [0.1, 0.15) is 53.7 Å². The fraction of sp³-hybridized carbons (Fsp3) is 0.423. The highest BCUT2D eigenvalue weighted by molar-refractivity contribution is 5.85. The van der Waals surface area contributed by atoms with Crippen molar-refractivity contribution >= 4 is 17.3 Å². The molecular formula is C26H27F3N6O2. The highest BCUT2D eigenvalue weighted by Crippen LogP contribution is 2.40. The van der Waals surface area contributed by atoms with Gasteiger partial charge < -0.3 is 15.2 Å². The monoisotopic (exact) mass is 512 g/mol. The molecule has 5 rings (SSSR count). The average molecular weight is 513 g/mol. The maximum absolute atomic E-state index is 14.0. The van der Waals surface area contributed by atoms with E-state index in [0.717, 1.165) is 11.8 Å². The second kappa shape index (κ2) is 9.70. The van der Waals surface area contributed by atoms with Crippen LogP contribution in [0.2, 0.25) is 0 Å². The largest absolute Gasteiger partial charge is 0.419 e. The number of halogens is 3. The molecule has 2 atom stereocenters. The average Bonchev–Trinajstić information content (AvgIpc) is 3.44. The zero-order valence-electron chi connectivity index (χ0n) is 20.7. The van der Waals surface area contributed by atoms with E-state index in [9.17, 15) is 18.0 Å². The van der Waals surface area contributed by atoms with Gasteiger partial charge in [0.2, 0.25) is 5.95 Å². The third-order valence-corrected chi connectivity index (χ3v) is 6.89. The second-order valence-electron chi connectivity index (χ2n) is 9.42. The minimum absolute atomic E-state index is 0.0917. The molecule has 3 aromatic heterocycles. The Morgan fingerprint density at radius 1 is 1.22 bits per heavy atom. The van der Waals surface area contributed by atoms with Crippen molar-refractivity contribution in [2.45, 2.75) is 52.3 Å². The Morgan fingerprint density at radius 3 is 2.73 bits per heavy atom. The van der Waals surface area contributed by atoms with Gasteiger partial charge in [0.25, 0.3) is 0 Å². The second-order valence-corrected chi connectivity index (χ2v) is 9.42. The fourth-order valence-corrected chi connectivity index (χ4v) is 5.06. The van der Waals surface area contributed by atoms with Crippen LogP contribution >= 0.6 is 0 Å². The van der Waals surface area contributed by atoms with Crippen molar-refractivity contribution in [2.24, 2.45) is 5.92 Å². The molecule has 0 amide bonds. The van der Waals surface area contributed by atoms with E-state index >= 15 is 0 Å². The number of ketones is 1. The maximum atomic E-state index is 14.0. The number of hydrogen-bond donors (Lipinski definition) is 2. The normalized spacial score (nSPS) is 19.5. The van der Waals surface area contributed by atoms with Gasteiger partial charge in [-0.2, -0.15) is 13.2 Å². The molecule has 1 fully saturated rings. The predicted molar refractivity (Wildman–Crippen MR) is 131 cm³/mol. The van der Waals surface area contributed by atoms with Crippen LogP contribution < -0.4 is 10.6 Å². The van der Waals surface area contributed by atoms with Gasteiger partial charge in [0.05, 0.1) is 28.3 Å². The maximum Gasteiger partial charge on any atom is 0.419 e. The van der Waals surface area contributed by atoms with Crippen LogP contribution in [-0.2, 0) is 17.4 Å². The Hall–Kier alpha value is -3.60. The quantitative estimate of drug-likeness (QED) is 0.497. The first-order valence-electron chi connectivity index (χ1n) is 12.2. The first-order chi connectivity index (χ1) is 17.7. The van der Waals surface area contributed by atoms with E-state index in [2.05, 4.69) is 25.8 Å². The van der Waals surface area contributed by atoms with Gasteiger partial charge in [-0.1, -0.05) is 24.2 Å². The molecule has 8 nitrogen and oxygen atoms in total. The molecule has 4 heterocycles. The molecular weight excluding hydrogens is 485 g/mol. The van der Waals surface area contributed by atoms with Crippen molar-refractivity contribution in [3.05, 3.63) is 58.4 Å². The SMILES string of the molecule is CCC(=O)[C@H]1CNC[C@@H](Nc2ncc(C(F)(F)F)c(C3=CCc4nc(-c5c(C)noc5C)ccc43)n2)C1. The molecule has 11 heteroatoms. The molecule has 0 unspecified atom stereocenters. The van der Waals surface area contributed by atoms with Crippen LogP contribution in [0.5, 0.6) is 0 Å². The lowest BCUT2D eigenvalue weighted by Crippen LogP contribution is -2.45. The van der Waals surface area contributed by atoms with Crippen LogP contribution in [0.25, 0.3) is 16.8 Å². The van der Waals surface area contributed by atoms with Crippen LogP contribution in [0.3, 0.4) is 0 Å². The van der Waals surface area contributed by atoms with E-state index in [1.54, 1.807) is 25.1 Å². The number of piperidine rings is 1. The third-order valence-electron chi connectivity index (χ3n) is 6.89. The molecule has 37 heavy (non-hydrogen) atoms. The molecule has 194 valence electrons. The Kier molecular flexibility index (Phi) is 6.57. The zero-order chi connectivity index (χ0) is 26.3. The highest BCUT2D eigenvalue weighted by Gasteiger charge is 2.37. The Balaban J connectivity index is 1.46. The number of Topliss-reactive ketones (excluding diaryl/α,β-unsaturated/α-hetero) is 1. The number of allylic oxidation sites excluding steroid dienone is 1. The van der Waals surface area contributed by atoms with Gasteiger partial charge in [0, 0.05) is 55.2 Å². The van der Waals surface area contributed by atoms with Crippen molar-refractivity contribution in [3.8, 4) is 11.3 Å². The number of pyridine rings is 1. The number of rotatable bonds is 6. The van der Waals surface area contributed by atoms with Crippen LogP contribution in [0, 0.1) is 19.8 Å². The summed E-state index contributed by atoms with van der Waals surface area (Å²) in [4.78, 5) is 25.2. The van der Waals surface area contributed by atoms with Gasteiger partial charge in [-0.25, -0.2) is 9.97 Å². The van der Waals surface area contributed by atoms with Crippen molar-refractivity contribution in [3.63, 3.8) is 0 Å². The van der Waals surface area contributed by atoms with E-state index in [1.807, 2.05) is 13.8 Å². The van der Waals surface area contributed by atoms with Crippen LogP contribution in [0.15, 0.2) is 28.9 Å². The molecule has 2 N–H and O–H groups in total. The summed E-state index contributed by atoms with van der Waals surface area (Å²) in [6, 6.07) is 3.35. The van der Waals surface area contributed by atoms with Crippen molar-refractivity contribution in [1.29, 1.82) is 0 Å². The van der Waals surface area contributed by atoms with E-state index in [1.165, 1.54) is 0 Å². The molecule has 1 saturated heterocycles. The predicted octanol–water partition coefficient (Wildman–Crippen LogP) is 4.52. The Bertz CT molecular complexity index is 1360. The molecule has 1 aliphatic heterocycles. The number of carbonyl (C=O) groups is 1. The van der Waals surface area contributed by atoms with Gasteiger partial charge in [-0.15, -0.1) is 0 Å². The standard InChI is InChI=1S/C26H27F3N6O2/c1-4-22(36)15-9-16(11-30-10-15)32-25-31-12-19(26(27,28)29)24(34-25)18-6-7-20-17(18)5-8-21(33-20)23-13(2)35-37-14(23)3/h5-6,8,12,15-16,30H,4,7,9-11H2,1-3H3,(H,31,32,34)/t15-,16+/m1/s1. The number of aromatic nitrogens is 4. The lowest BCUT2D eigenvalue weighted by molar-refractivity contribution is -0.138. The van der Waals surface area contributed by atoms with Crippen molar-refractivity contribution in [2.75, 3.05) is 18.4 Å². The minimum atomic E-state index is -4.63. The minimum Gasteiger partial charge on any atom is -0.361 e. The number of hydrogen-bond acceptors (Lipinski definition) is 8. The van der Waals surface area contributed by atoms with Gasteiger partial charge in [0.1, 0.15) is 17.1 Å². The van der Waals surface area contributed by atoms with Crippen molar-refractivity contribution in [1.82, 2.24) is 25.4 Å². The lowest BCUT2D eigenvalue weighted by atomic mass is 9.91. The van der Waals surface area contributed by atoms with Gasteiger partial charge in [-0.3, -0.25) is 9.78 Å². The number of carbonyl (C=O) groups excluding carboxylic acids is 1. The number of nitrogens with one attached hydrogen (secondary N) is 2. The van der Waals surface area contributed by atoms with Crippen molar-refractivity contribution < 1.29 is 22.5 Å². The number of fused-ring (bicyclic) bond motifs is 1. The first-order valence-corrected chi connectivity index (χ1v) is 12.2. The molecule has 0 radical (unpaired) electrons. The smallest absolute Gasteiger partial charge is 0.361 e. The van der Waals surface area contributed by atoms with Gasteiger partial charge >= 0.3 is 6.18 Å². The molecule has 0 spiro atoms. The number of alkyl halides is 3. The fourth-order valence-electron chi connectivity index (χ4n) is 5.06. The van der Waals surface area contributed by atoms with E-state index < -0.39 is 11.7 Å². The Labute approximate surface area is 211 Å². The zero-order valence-corrected chi connectivity index (χ0v) is 20.7. The molecule has 0 saturated carbocycles.